The minimum absolute atomic E-state index is 0.0237. The van der Waals surface area contributed by atoms with Gasteiger partial charge in [0.15, 0.2) is 17.4 Å². The van der Waals surface area contributed by atoms with E-state index in [4.69, 9.17) is 14.6 Å². The summed E-state index contributed by atoms with van der Waals surface area (Å²) in [6.07, 6.45) is -0.130. The first-order valence-electron chi connectivity index (χ1n) is 8.77. The summed E-state index contributed by atoms with van der Waals surface area (Å²) in [7, 11) is 0. The van der Waals surface area contributed by atoms with Crippen molar-refractivity contribution >= 4 is 11.7 Å². The summed E-state index contributed by atoms with van der Waals surface area (Å²) >= 11 is 0. The van der Waals surface area contributed by atoms with Gasteiger partial charge in [0.25, 0.3) is 0 Å². The zero-order valence-corrected chi connectivity index (χ0v) is 14.8. The molecule has 0 bridgehead atoms. The number of rotatable bonds is 7. The van der Waals surface area contributed by atoms with Crippen LogP contribution in [0.2, 0.25) is 0 Å². The largest absolute Gasteiger partial charge is 0.483 e. The number of ether oxygens (including phenoxy) is 2. The molecule has 0 unspecified atom stereocenters. The highest BCUT2D eigenvalue weighted by Gasteiger charge is 2.17. The number of hydrogen-bond donors (Lipinski definition) is 1. The van der Waals surface area contributed by atoms with Gasteiger partial charge in [-0.2, -0.15) is 0 Å². The quantitative estimate of drug-likeness (QED) is 0.802. The lowest BCUT2D eigenvalue weighted by atomic mass is 10.1. The molecule has 1 N–H and O–H groups in total. The van der Waals surface area contributed by atoms with Crippen molar-refractivity contribution in [3.05, 3.63) is 59.2 Å². The van der Waals surface area contributed by atoms with Gasteiger partial charge < -0.3 is 19.5 Å². The summed E-state index contributed by atoms with van der Waals surface area (Å²) < 4.78 is 39.3. The molecule has 0 radical (unpaired) electrons. The molecule has 1 fully saturated rings. The van der Waals surface area contributed by atoms with Gasteiger partial charge >= 0.3 is 5.97 Å². The molecular formula is C20H21F2NO4. The highest BCUT2D eigenvalue weighted by atomic mass is 19.1. The minimum Gasteiger partial charge on any atom is -0.483 e. The summed E-state index contributed by atoms with van der Waals surface area (Å²) in [4.78, 5) is 12.8. The summed E-state index contributed by atoms with van der Waals surface area (Å²) in [6, 6.07) is 9.81. The van der Waals surface area contributed by atoms with Gasteiger partial charge in [-0.1, -0.05) is 18.2 Å². The van der Waals surface area contributed by atoms with Gasteiger partial charge in [0, 0.05) is 30.8 Å². The number of anilines is 1. The molecule has 1 aliphatic heterocycles. The van der Waals surface area contributed by atoms with Gasteiger partial charge in [-0.3, -0.25) is 4.79 Å². The number of carboxylic acid groups (broad SMARTS) is 1. The van der Waals surface area contributed by atoms with Crippen LogP contribution < -0.4 is 9.64 Å². The van der Waals surface area contributed by atoms with Crippen molar-refractivity contribution in [1.29, 1.82) is 0 Å². The van der Waals surface area contributed by atoms with E-state index in [0.29, 0.717) is 13.2 Å². The predicted octanol–water partition coefficient (Wildman–Crippen LogP) is 3.40. The Balaban J connectivity index is 1.72. The molecule has 5 nitrogen and oxygen atoms in total. The zero-order chi connectivity index (χ0) is 19.2. The summed E-state index contributed by atoms with van der Waals surface area (Å²) in [5.74, 6) is -3.14. The van der Waals surface area contributed by atoms with Crippen LogP contribution in [0, 0.1) is 11.6 Å². The van der Waals surface area contributed by atoms with Gasteiger partial charge in [-0.15, -0.1) is 0 Å². The van der Waals surface area contributed by atoms with Crippen LogP contribution in [0.25, 0.3) is 0 Å². The molecule has 1 saturated heterocycles. The van der Waals surface area contributed by atoms with Gasteiger partial charge in [0.2, 0.25) is 0 Å². The number of aliphatic carboxylic acids is 1. The molecule has 1 heterocycles. The predicted molar refractivity (Wildman–Crippen MR) is 96.1 cm³/mol. The van der Waals surface area contributed by atoms with Crippen LogP contribution in [-0.4, -0.2) is 37.4 Å². The number of benzene rings is 2. The number of morpholine rings is 1. The van der Waals surface area contributed by atoms with Crippen molar-refractivity contribution < 1.29 is 28.2 Å². The normalized spacial score (nSPS) is 14.2. The summed E-state index contributed by atoms with van der Waals surface area (Å²) in [5, 5.41) is 8.69. The molecule has 0 amide bonds. The first kappa shape index (κ1) is 19.1. The van der Waals surface area contributed by atoms with Crippen LogP contribution in [0.15, 0.2) is 36.4 Å². The molecule has 2 aromatic rings. The van der Waals surface area contributed by atoms with Crippen molar-refractivity contribution in [2.24, 2.45) is 0 Å². The van der Waals surface area contributed by atoms with Crippen molar-refractivity contribution in [2.75, 3.05) is 31.2 Å². The van der Waals surface area contributed by atoms with Gasteiger partial charge in [-0.05, 0) is 30.2 Å². The standard InChI is InChI=1S/C20H21F2NO4/c21-16-11-14(5-6-19(24)25)12-17(22)20(16)27-13-15-3-1-2-4-18(15)23-7-9-26-10-8-23/h1-4,11-12H,5-10,13H2,(H,24,25). The van der Waals surface area contributed by atoms with E-state index < -0.39 is 23.4 Å². The lowest BCUT2D eigenvalue weighted by molar-refractivity contribution is -0.136. The van der Waals surface area contributed by atoms with Crippen molar-refractivity contribution in [3.8, 4) is 5.75 Å². The van der Waals surface area contributed by atoms with Crippen molar-refractivity contribution in [3.63, 3.8) is 0 Å². The topological polar surface area (TPSA) is 59.0 Å². The Morgan fingerprint density at radius 2 is 1.81 bits per heavy atom. The van der Waals surface area contributed by atoms with Gasteiger partial charge in [0.05, 0.1) is 13.2 Å². The molecule has 0 aromatic heterocycles. The average Bonchev–Trinajstić information content (AvgIpc) is 2.67. The molecule has 0 saturated carbocycles. The number of carboxylic acids is 1. The number of nitrogens with zero attached hydrogens (tertiary/aromatic N) is 1. The number of para-hydroxylation sites is 1. The second-order valence-electron chi connectivity index (χ2n) is 6.30. The SMILES string of the molecule is O=C(O)CCc1cc(F)c(OCc2ccccc2N2CCOCC2)c(F)c1. The average molecular weight is 377 g/mol. The monoisotopic (exact) mass is 377 g/mol. The van der Waals surface area contributed by atoms with Crippen LogP contribution in [0.1, 0.15) is 17.5 Å². The molecule has 27 heavy (non-hydrogen) atoms. The number of carbonyl (C=O) groups is 1. The van der Waals surface area contributed by atoms with Crippen LogP contribution in [0.4, 0.5) is 14.5 Å². The molecule has 0 spiro atoms. The Bertz CT molecular complexity index is 783. The fourth-order valence-corrected chi connectivity index (χ4v) is 3.04. The number of hydrogen-bond acceptors (Lipinski definition) is 4. The van der Waals surface area contributed by atoms with Crippen LogP contribution in [0.3, 0.4) is 0 Å². The fraction of sp³-hybridized carbons (Fsp3) is 0.350. The van der Waals surface area contributed by atoms with Crippen LogP contribution >= 0.6 is 0 Å². The van der Waals surface area contributed by atoms with Crippen molar-refractivity contribution in [2.45, 2.75) is 19.4 Å². The van der Waals surface area contributed by atoms with Crippen molar-refractivity contribution in [1.82, 2.24) is 0 Å². The zero-order valence-electron chi connectivity index (χ0n) is 14.8. The first-order valence-corrected chi connectivity index (χ1v) is 8.77. The maximum absolute atomic E-state index is 14.3. The Morgan fingerprint density at radius 3 is 2.48 bits per heavy atom. The maximum atomic E-state index is 14.3. The fourth-order valence-electron chi connectivity index (χ4n) is 3.04. The lowest BCUT2D eigenvalue weighted by Gasteiger charge is -2.30. The Hall–Kier alpha value is -2.67. The molecule has 3 rings (SSSR count). The third-order valence-corrected chi connectivity index (χ3v) is 4.40. The first-order chi connectivity index (χ1) is 13.0. The van der Waals surface area contributed by atoms with E-state index in [0.717, 1.165) is 36.5 Å². The minimum atomic E-state index is -1.02. The van der Waals surface area contributed by atoms with E-state index in [1.807, 2.05) is 24.3 Å². The Labute approximate surface area is 156 Å². The lowest BCUT2D eigenvalue weighted by Crippen LogP contribution is -2.36. The van der Waals surface area contributed by atoms with Crippen LogP contribution in [-0.2, 0) is 22.6 Å². The van der Waals surface area contributed by atoms with E-state index in [9.17, 15) is 13.6 Å². The van der Waals surface area contributed by atoms with E-state index in [-0.39, 0.29) is 25.0 Å². The Morgan fingerprint density at radius 1 is 1.15 bits per heavy atom. The van der Waals surface area contributed by atoms with Gasteiger partial charge in [0.1, 0.15) is 6.61 Å². The smallest absolute Gasteiger partial charge is 0.303 e. The molecule has 144 valence electrons. The summed E-state index contributed by atoms with van der Waals surface area (Å²) in [5.41, 5.74) is 2.07. The van der Waals surface area contributed by atoms with E-state index in [1.54, 1.807) is 0 Å². The molecular weight excluding hydrogens is 356 g/mol. The van der Waals surface area contributed by atoms with E-state index >= 15 is 0 Å². The number of aryl methyl sites for hydroxylation is 1. The second kappa shape index (κ2) is 8.81. The third kappa shape index (κ3) is 4.95. The van der Waals surface area contributed by atoms with E-state index in [2.05, 4.69) is 4.90 Å². The third-order valence-electron chi connectivity index (χ3n) is 4.40. The van der Waals surface area contributed by atoms with Gasteiger partial charge in [-0.25, -0.2) is 8.78 Å². The second-order valence-corrected chi connectivity index (χ2v) is 6.30. The van der Waals surface area contributed by atoms with E-state index in [1.165, 1.54) is 0 Å². The number of halogens is 2. The van der Waals surface area contributed by atoms with Crippen LogP contribution in [0.5, 0.6) is 5.75 Å². The highest BCUT2D eigenvalue weighted by molar-refractivity contribution is 5.67. The maximum Gasteiger partial charge on any atom is 0.303 e. The molecule has 1 aliphatic rings. The molecule has 7 heteroatoms. The summed E-state index contributed by atoms with van der Waals surface area (Å²) in [6.45, 7) is 2.79. The molecule has 0 atom stereocenters. The Kier molecular flexibility index (Phi) is 6.24. The molecule has 2 aromatic carbocycles. The molecule has 0 aliphatic carbocycles. The highest BCUT2D eigenvalue weighted by Crippen LogP contribution is 2.27.